The van der Waals surface area contributed by atoms with Crippen LogP contribution in [0.1, 0.15) is 24.8 Å². The lowest BCUT2D eigenvalue weighted by Crippen LogP contribution is -2.42. The van der Waals surface area contributed by atoms with Crippen molar-refractivity contribution in [1.82, 2.24) is 4.31 Å². The van der Waals surface area contributed by atoms with E-state index in [2.05, 4.69) is 10.1 Å². The molecule has 1 aliphatic heterocycles. The van der Waals surface area contributed by atoms with Crippen LogP contribution in [0.5, 0.6) is 5.75 Å². The van der Waals surface area contributed by atoms with E-state index in [0.717, 1.165) is 17.7 Å². The molecule has 0 saturated carbocycles. The number of halogens is 3. The standard InChI is InChI=1S/C22H25F3N2O4S/c23-22(24,25)31-20-10-8-19(9-11-20)26-21(28)18-12-14-27(15-13-18)32(29,30)16-4-7-17-5-2-1-3-6-17/h1-3,5-6,8-11,18H,4,7,12-16H2,(H,26,28). The van der Waals surface area contributed by atoms with Crippen molar-refractivity contribution in [3.8, 4) is 5.75 Å². The second-order valence-electron chi connectivity index (χ2n) is 7.64. The fourth-order valence-corrected chi connectivity index (χ4v) is 5.15. The number of aryl methyl sites for hydroxylation is 1. The Morgan fingerprint density at radius 3 is 2.25 bits per heavy atom. The Labute approximate surface area is 185 Å². The first-order valence-electron chi connectivity index (χ1n) is 10.3. The van der Waals surface area contributed by atoms with Gasteiger partial charge in [0.25, 0.3) is 0 Å². The third-order valence-corrected chi connectivity index (χ3v) is 7.24. The van der Waals surface area contributed by atoms with Crippen LogP contribution in [0.25, 0.3) is 0 Å². The van der Waals surface area contributed by atoms with Gasteiger partial charge in [-0.05, 0) is 55.5 Å². The number of nitrogens with zero attached hydrogens (tertiary/aromatic N) is 1. The van der Waals surface area contributed by atoms with Crippen LogP contribution in [-0.2, 0) is 21.2 Å². The van der Waals surface area contributed by atoms with E-state index in [1.54, 1.807) is 0 Å². The molecule has 10 heteroatoms. The lowest BCUT2D eigenvalue weighted by atomic mass is 9.97. The lowest BCUT2D eigenvalue weighted by Gasteiger charge is -2.30. The van der Waals surface area contributed by atoms with Gasteiger partial charge in [-0.1, -0.05) is 30.3 Å². The van der Waals surface area contributed by atoms with Gasteiger partial charge in [0.15, 0.2) is 0 Å². The number of carbonyl (C=O) groups excluding carboxylic acids is 1. The molecule has 2 aromatic carbocycles. The average molecular weight is 471 g/mol. The Kier molecular flexibility index (Phi) is 7.78. The highest BCUT2D eigenvalue weighted by atomic mass is 32.2. The van der Waals surface area contributed by atoms with Crippen molar-refractivity contribution in [1.29, 1.82) is 0 Å². The Hall–Kier alpha value is -2.59. The minimum Gasteiger partial charge on any atom is -0.406 e. The fourth-order valence-electron chi connectivity index (χ4n) is 3.61. The van der Waals surface area contributed by atoms with Crippen molar-refractivity contribution in [2.24, 2.45) is 5.92 Å². The van der Waals surface area contributed by atoms with Crippen LogP contribution in [0.4, 0.5) is 18.9 Å². The molecule has 0 aromatic heterocycles. The van der Waals surface area contributed by atoms with Crippen molar-refractivity contribution in [3.05, 3.63) is 60.2 Å². The molecule has 0 atom stereocenters. The highest BCUT2D eigenvalue weighted by Gasteiger charge is 2.32. The summed E-state index contributed by atoms with van der Waals surface area (Å²) in [5.74, 6) is -0.959. The fraction of sp³-hybridized carbons (Fsp3) is 0.409. The summed E-state index contributed by atoms with van der Waals surface area (Å²) in [5.41, 5.74) is 1.44. The topological polar surface area (TPSA) is 75.7 Å². The molecule has 3 rings (SSSR count). The summed E-state index contributed by atoms with van der Waals surface area (Å²) < 4.78 is 67.1. The van der Waals surface area contributed by atoms with Gasteiger partial charge in [0, 0.05) is 24.7 Å². The van der Waals surface area contributed by atoms with Crippen molar-refractivity contribution >= 4 is 21.6 Å². The van der Waals surface area contributed by atoms with Crippen molar-refractivity contribution in [3.63, 3.8) is 0 Å². The van der Waals surface area contributed by atoms with E-state index in [1.165, 1.54) is 16.4 Å². The summed E-state index contributed by atoms with van der Waals surface area (Å²) in [5, 5.41) is 2.66. The summed E-state index contributed by atoms with van der Waals surface area (Å²) in [6.45, 7) is 0.536. The SMILES string of the molecule is O=C(Nc1ccc(OC(F)(F)F)cc1)C1CCN(S(=O)(=O)CCCc2ccccc2)CC1. The molecule has 1 N–H and O–H groups in total. The van der Waals surface area contributed by atoms with Crippen LogP contribution < -0.4 is 10.1 Å². The lowest BCUT2D eigenvalue weighted by molar-refractivity contribution is -0.274. The third kappa shape index (κ3) is 7.23. The van der Waals surface area contributed by atoms with Crippen LogP contribution in [0, 0.1) is 5.92 Å². The van der Waals surface area contributed by atoms with E-state index in [4.69, 9.17) is 0 Å². The zero-order chi connectivity index (χ0) is 23.2. The number of nitrogens with one attached hydrogen (secondary N) is 1. The minimum atomic E-state index is -4.78. The predicted octanol–water partition coefficient (Wildman–Crippen LogP) is 4.20. The van der Waals surface area contributed by atoms with E-state index in [-0.39, 0.29) is 36.4 Å². The van der Waals surface area contributed by atoms with Crippen LogP contribution >= 0.6 is 0 Å². The number of anilines is 1. The third-order valence-electron chi connectivity index (χ3n) is 5.28. The molecule has 0 unspecified atom stereocenters. The number of rotatable bonds is 8. The Balaban J connectivity index is 1.44. The largest absolute Gasteiger partial charge is 0.573 e. The van der Waals surface area contributed by atoms with Gasteiger partial charge in [-0.25, -0.2) is 12.7 Å². The maximum atomic E-state index is 12.6. The molecule has 6 nitrogen and oxygen atoms in total. The van der Waals surface area contributed by atoms with Crippen LogP contribution in [-0.4, -0.2) is 43.8 Å². The molecule has 0 radical (unpaired) electrons. The number of hydrogen-bond donors (Lipinski definition) is 1. The molecule has 2 aromatic rings. The molecule has 32 heavy (non-hydrogen) atoms. The smallest absolute Gasteiger partial charge is 0.406 e. The Morgan fingerprint density at radius 1 is 1.03 bits per heavy atom. The Bertz CT molecular complexity index is 988. The molecular weight excluding hydrogens is 445 g/mol. The van der Waals surface area contributed by atoms with E-state index in [0.29, 0.717) is 31.4 Å². The predicted molar refractivity (Wildman–Crippen MR) is 115 cm³/mol. The molecule has 174 valence electrons. The molecule has 1 heterocycles. The van der Waals surface area contributed by atoms with E-state index < -0.39 is 16.4 Å². The van der Waals surface area contributed by atoms with Crippen LogP contribution in [0.2, 0.25) is 0 Å². The van der Waals surface area contributed by atoms with Gasteiger partial charge in [0.05, 0.1) is 5.75 Å². The molecular formula is C22H25F3N2O4S. The average Bonchev–Trinajstić information content (AvgIpc) is 2.75. The monoisotopic (exact) mass is 470 g/mol. The van der Waals surface area contributed by atoms with Gasteiger partial charge in [-0.15, -0.1) is 13.2 Å². The number of ether oxygens (including phenoxy) is 1. The first-order valence-corrected chi connectivity index (χ1v) is 11.9. The quantitative estimate of drug-likeness (QED) is 0.628. The van der Waals surface area contributed by atoms with Crippen molar-refractivity contribution in [2.45, 2.75) is 32.0 Å². The van der Waals surface area contributed by atoms with Gasteiger partial charge in [-0.3, -0.25) is 4.79 Å². The zero-order valence-electron chi connectivity index (χ0n) is 17.3. The number of benzene rings is 2. The summed E-state index contributed by atoms with van der Waals surface area (Å²) in [4.78, 5) is 12.5. The van der Waals surface area contributed by atoms with Gasteiger partial charge in [-0.2, -0.15) is 0 Å². The highest BCUT2D eigenvalue weighted by Crippen LogP contribution is 2.25. The second-order valence-corrected chi connectivity index (χ2v) is 9.73. The van der Waals surface area contributed by atoms with Gasteiger partial charge in [0.2, 0.25) is 15.9 Å². The van der Waals surface area contributed by atoms with Gasteiger partial charge in [0.1, 0.15) is 5.75 Å². The van der Waals surface area contributed by atoms with Crippen molar-refractivity contribution < 1.29 is 31.1 Å². The number of amides is 1. The van der Waals surface area contributed by atoms with Crippen LogP contribution in [0.15, 0.2) is 54.6 Å². The normalized spacial score (nSPS) is 16.0. The maximum absolute atomic E-state index is 12.6. The second kappa shape index (κ2) is 10.4. The maximum Gasteiger partial charge on any atom is 0.573 e. The molecule has 1 fully saturated rings. The van der Waals surface area contributed by atoms with E-state index in [1.807, 2.05) is 30.3 Å². The summed E-state index contributed by atoms with van der Waals surface area (Å²) in [6, 6.07) is 14.6. The number of piperidine rings is 1. The Morgan fingerprint density at radius 2 is 1.66 bits per heavy atom. The summed E-state index contributed by atoms with van der Waals surface area (Å²) in [7, 11) is -3.39. The summed E-state index contributed by atoms with van der Waals surface area (Å²) >= 11 is 0. The minimum absolute atomic E-state index is 0.0606. The number of alkyl halides is 3. The summed E-state index contributed by atoms with van der Waals surface area (Å²) in [6.07, 6.45) is -2.79. The molecule has 0 bridgehead atoms. The molecule has 0 spiro atoms. The van der Waals surface area contributed by atoms with E-state index in [9.17, 15) is 26.4 Å². The highest BCUT2D eigenvalue weighted by molar-refractivity contribution is 7.89. The molecule has 0 aliphatic carbocycles. The first-order chi connectivity index (χ1) is 15.1. The molecule has 1 amide bonds. The first kappa shape index (κ1) is 24.1. The number of carbonyl (C=O) groups is 1. The number of hydrogen-bond acceptors (Lipinski definition) is 4. The molecule has 1 aliphatic rings. The van der Waals surface area contributed by atoms with Crippen LogP contribution in [0.3, 0.4) is 0 Å². The van der Waals surface area contributed by atoms with Crippen molar-refractivity contribution in [2.75, 3.05) is 24.2 Å². The zero-order valence-corrected chi connectivity index (χ0v) is 18.2. The molecule has 1 saturated heterocycles. The number of sulfonamides is 1. The van der Waals surface area contributed by atoms with E-state index >= 15 is 0 Å². The van der Waals surface area contributed by atoms with Gasteiger partial charge < -0.3 is 10.1 Å². The van der Waals surface area contributed by atoms with Gasteiger partial charge >= 0.3 is 6.36 Å².